The lowest BCUT2D eigenvalue weighted by Gasteiger charge is -2.10. The van der Waals surface area contributed by atoms with Gasteiger partial charge < -0.3 is 10.1 Å². The van der Waals surface area contributed by atoms with Crippen LogP contribution < -0.4 is 5.32 Å². The summed E-state index contributed by atoms with van der Waals surface area (Å²) >= 11 is 0. The van der Waals surface area contributed by atoms with Gasteiger partial charge in [0.25, 0.3) is 0 Å². The molecular weight excluding hydrogens is 320 g/mol. The molecule has 1 aromatic carbocycles. The van der Waals surface area contributed by atoms with Crippen molar-refractivity contribution in [3.63, 3.8) is 0 Å². The highest BCUT2D eigenvalue weighted by Crippen LogP contribution is 2.14. The highest BCUT2D eigenvalue weighted by molar-refractivity contribution is 5.91. The van der Waals surface area contributed by atoms with Crippen LogP contribution in [0.4, 0.5) is 4.79 Å². The van der Waals surface area contributed by atoms with Crippen LogP contribution in [0, 0.1) is 25.2 Å². The van der Waals surface area contributed by atoms with Crippen molar-refractivity contribution in [3.05, 3.63) is 59.2 Å². The van der Waals surface area contributed by atoms with E-state index >= 15 is 0 Å². The number of Topliss-reactive ketones (excluding diaryl/α,β-unsaturated/α-hetero) is 1. The number of hydrogen-bond acceptors (Lipinski definition) is 6. The van der Waals surface area contributed by atoms with E-state index in [1.54, 1.807) is 19.9 Å². The Bertz CT molecular complexity index is 779. The Morgan fingerprint density at radius 2 is 1.96 bits per heavy atom. The van der Waals surface area contributed by atoms with Crippen LogP contribution in [0.5, 0.6) is 0 Å². The second-order valence-electron chi connectivity index (χ2n) is 5.43. The van der Waals surface area contributed by atoms with Crippen LogP contribution in [0.3, 0.4) is 0 Å². The zero-order chi connectivity index (χ0) is 18.2. The standard InChI is InChI=1S/C18H18N4O3/c1-12-8-16(22-13(2)21-12)15(9-19)17(23)10-20-18(24)25-11-14-6-4-3-5-7-14/h3-8,15H,10-11H2,1-2H3,(H,20,24)/t15-/m0/s1. The molecular formula is C18H18N4O3. The predicted molar refractivity (Wildman–Crippen MR) is 89.5 cm³/mol. The van der Waals surface area contributed by atoms with Crippen LogP contribution in [-0.2, 0) is 16.1 Å². The van der Waals surface area contributed by atoms with Crippen molar-refractivity contribution < 1.29 is 14.3 Å². The van der Waals surface area contributed by atoms with Gasteiger partial charge in [-0.2, -0.15) is 5.26 Å². The molecule has 1 aromatic heterocycles. The van der Waals surface area contributed by atoms with E-state index in [0.717, 1.165) is 5.56 Å². The molecule has 2 rings (SSSR count). The van der Waals surface area contributed by atoms with Crippen LogP contribution in [0.2, 0.25) is 0 Å². The van der Waals surface area contributed by atoms with Crippen LogP contribution in [0.1, 0.15) is 28.7 Å². The molecule has 0 aliphatic heterocycles. The molecule has 1 N–H and O–H groups in total. The minimum absolute atomic E-state index is 0.104. The average molecular weight is 338 g/mol. The molecule has 0 unspecified atom stereocenters. The van der Waals surface area contributed by atoms with E-state index in [4.69, 9.17) is 4.74 Å². The molecule has 2 aromatic rings. The van der Waals surface area contributed by atoms with Crippen molar-refractivity contribution in [2.45, 2.75) is 26.4 Å². The first-order chi connectivity index (χ1) is 12.0. The fraction of sp³-hybridized carbons (Fsp3) is 0.278. The molecule has 1 amide bonds. The van der Waals surface area contributed by atoms with Crippen molar-refractivity contribution >= 4 is 11.9 Å². The summed E-state index contributed by atoms with van der Waals surface area (Å²) in [5.74, 6) is -1.04. The SMILES string of the molecule is Cc1cc([C@H](C#N)C(=O)CNC(=O)OCc2ccccc2)nc(C)n1. The molecule has 0 bridgehead atoms. The molecule has 1 atom stereocenters. The lowest BCUT2D eigenvalue weighted by atomic mass is 10.0. The van der Waals surface area contributed by atoms with Gasteiger partial charge in [-0.1, -0.05) is 30.3 Å². The Labute approximate surface area is 145 Å². The molecule has 0 aliphatic carbocycles. The summed E-state index contributed by atoms with van der Waals surface area (Å²) in [6, 6.07) is 12.7. The van der Waals surface area contributed by atoms with E-state index in [2.05, 4.69) is 15.3 Å². The quantitative estimate of drug-likeness (QED) is 0.865. The second kappa shape index (κ2) is 8.55. The smallest absolute Gasteiger partial charge is 0.407 e. The van der Waals surface area contributed by atoms with Gasteiger partial charge in [0.1, 0.15) is 18.3 Å². The topological polar surface area (TPSA) is 105 Å². The van der Waals surface area contributed by atoms with Crippen molar-refractivity contribution in [2.75, 3.05) is 6.54 Å². The van der Waals surface area contributed by atoms with Gasteiger partial charge in [0.05, 0.1) is 18.3 Å². The third-order valence-electron chi connectivity index (χ3n) is 3.35. The predicted octanol–water partition coefficient (Wildman–Crippen LogP) is 2.20. The number of amides is 1. The first-order valence-electron chi connectivity index (χ1n) is 7.68. The normalized spacial score (nSPS) is 11.2. The number of carbonyl (C=O) groups is 2. The first-order valence-corrected chi connectivity index (χ1v) is 7.68. The van der Waals surface area contributed by atoms with Gasteiger partial charge in [0.15, 0.2) is 5.78 Å². The summed E-state index contributed by atoms with van der Waals surface area (Å²) in [5, 5.41) is 11.6. The molecule has 0 fully saturated rings. The molecule has 0 radical (unpaired) electrons. The number of rotatable bonds is 6. The highest BCUT2D eigenvalue weighted by Gasteiger charge is 2.23. The molecule has 1 heterocycles. The number of nitrogens with zero attached hydrogens (tertiary/aromatic N) is 3. The molecule has 0 saturated carbocycles. The molecule has 0 aliphatic rings. The third kappa shape index (κ3) is 5.39. The van der Waals surface area contributed by atoms with Gasteiger partial charge in [0.2, 0.25) is 0 Å². The number of nitrogens with one attached hydrogen (secondary N) is 1. The number of hydrogen-bond donors (Lipinski definition) is 1. The fourth-order valence-corrected chi connectivity index (χ4v) is 2.23. The van der Waals surface area contributed by atoms with Crippen molar-refractivity contribution in [1.82, 2.24) is 15.3 Å². The zero-order valence-corrected chi connectivity index (χ0v) is 14.0. The van der Waals surface area contributed by atoms with E-state index in [1.807, 2.05) is 36.4 Å². The van der Waals surface area contributed by atoms with Gasteiger partial charge in [0, 0.05) is 5.69 Å². The van der Waals surface area contributed by atoms with Gasteiger partial charge in [-0.15, -0.1) is 0 Å². The number of ether oxygens (including phenoxy) is 1. The van der Waals surface area contributed by atoms with Crippen molar-refractivity contribution in [1.29, 1.82) is 5.26 Å². The monoisotopic (exact) mass is 338 g/mol. The van der Waals surface area contributed by atoms with Gasteiger partial charge in [-0.3, -0.25) is 4.79 Å². The van der Waals surface area contributed by atoms with E-state index in [9.17, 15) is 14.9 Å². The number of aryl methyl sites for hydroxylation is 2. The largest absolute Gasteiger partial charge is 0.445 e. The first kappa shape index (κ1) is 18.1. The van der Waals surface area contributed by atoms with Crippen LogP contribution in [0.15, 0.2) is 36.4 Å². The summed E-state index contributed by atoms with van der Waals surface area (Å²) < 4.78 is 5.03. The zero-order valence-electron chi connectivity index (χ0n) is 14.0. The number of nitriles is 1. The van der Waals surface area contributed by atoms with Crippen LogP contribution in [-0.4, -0.2) is 28.4 Å². The third-order valence-corrected chi connectivity index (χ3v) is 3.35. The minimum Gasteiger partial charge on any atom is -0.445 e. The van der Waals surface area contributed by atoms with E-state index < -0.39 is 17.8 Å². The Kier molecular flexibility index (Phi) is 6.18. The van der Waals surface area contributed by atoms with E-state index in [0.29, 0.717) is 17.2 Å². The number of ketones is 1. The highest BCUT2D eigenvalue weighted by atomic mass is 16.5. The Balaban J connectivity index is 1.89. The van der Waals surface area contributed by atoms with Gasteiger partial charge in [-0.25, -0.2) is 14.8 Å². The number of alkyl carbamates (subject to hydrolysis) is 1. The van der Waals surface area contributed by atoms with Crippen molar-refractivity contribution in [2.24, 2.45) is 0 Å². The molecule has 7 heteroatoms. The summed E-state index contributed by atoms with van der Waals surface area (Å²) in [6.45, 7) is 3.24. The molecule has 25 heavy (non-hydrogen) atoms. The molecule has 7 nitrogen and oxygen atoms in total. The van der Waals surface area contributed by atoms with Crippen LogP contribution in [0.25, 0.3) is 0 Å². The molecule has 128 valence electrons. The molecule has 0 spiro atoms. The number of aromatic nitrogens is 2. The lowest BCUT2D eigenvalue weighted by Crippen LogP contribution is -2.32. The fourth-order valence-electron chi connectivity index (χ4n) is 2.23. The Morgan fingerprint density at radius 1 is 1.24 bits per heavy atom. The maximum Gasteiger partial charge on any atom is 0.407 e. The van der Waals surface area contributed by atoms with E-state index in [1.165, 1.54) is 0 Å². The second-order valence-corrected chi connectivity index (χ2v) is 5.43. The lowest BCUT2D eigenvalue weighted by molar-refractivity contribution is -0.118. The number of benzene rings is 1. The average Bonchev–Trinajstić information content (AvgIpc) is 2.59. The number of carbonyl (C=O) groups excluding carboxylic acids is 2. The van der Waals surface area contributed by atoms with Crippen LogP contribution >= 0.6 is 0 Å². The summed E-state index contributed by atoms with van der Waals surface area (Å²) in [5.41, 5.74) is 1.84. The van der Waals surface area contributed by atoms with E-state index in [-0.39, 0.29) is 13.2 Å². The van der Waals surface area contributed by atoms with Crippen molar-refractivity contribution in [3.8, 4) is 6.07 Å². The minimum atomic E-state index is -1.06. The maximum atomic E-state index is 12.2. The summed E-state index contributed by atoms with van der Waals surface area (Å²) in [7, 11) is 0. The van der Waals surface area contributed by atoms with Gasteiger partial charge >= 0.3 is 6.09 Å². The summed E-state index contributed by atoms with van der Waals surface area (Å²) in [4.78, 5) is 32.2. The van der Waals surface area contributed by atoms with Gasteiger partial charge in [-0.05, 0) is 25.5 Å². The Hall–Kier alpha value is -3.27. The summed E-state index contributed by atoms with van der Waals surface area (Å²) in [6.07, 6.45) is -0.719. The Morgan fingerprint density at radius 3 is 2.60 bits per heavy atom. The molecule has 0 saturated heterocycles. The maximum absolute atomic E-state index is 12.2.